The van der Waals surface area contributed by atoms with Crippen LogP contribution in [0.25, 0.3) is 5.82 Å². The molecule has 5 heterocycles. The van der Waals surface area contributed by atoms with Crippen molar-refractivity contribution in [1.82, 2.24) is 24.5 Å². The van der Waals surface area contributed by atoms with Crippen molar-refractivity contribution in [3.63, 3.8) is 0 Å². The minimum absolute atomic E-state index is 0.00169. The van der Waals surface area contributed by atoms with E-state index < -0.39 is 63.3 Å². The van der Waals surface area contributed by atoms with E-state index in [1.807, 2.05) is 4.72 Å². The molecular weight excluding hydrogens is 611 g/mol. The fourth-order valence-electron chi connectivity index (χ4n) is 5.84. The summed E-state index contributed by atoms with van der Waals surface area (Å²) in [6.07, 6.45) is -2.07. The Labute approximate surface area is 268 Å². The van der Waals surface area contributed by atoms with E-state index in [1.165, 1.54) is 41.2 Å². The van der Waals surface area contributed by atoms with Gasteiger partial charge in [-0.25, -0.2) is 19.4 Å². The van der Waals surface area contributed by atoms with Crippen molar-refractivity contribution in [3.05, 3.63) is 48.2 Å². The molecule has 3 aromatic rings. The molecule has 0 radical (unpaired) electrons. The highest BCUT2D eigenvalue weighted by Crippen LogP contribution is 2.60. The second-order valence-corrected chi connectivity index (χ2v) is 13.4. The first kappa shape index (κ1) is 24.4. The molecule has 0 spiro atoms. The normalized spacial score (nSPS) is 24.5. The molecule has 11 nitrogen and oxygen atoms in total. The van der Waals surface area contributed by atoms with Gasteiger partial charge in [-0.05, 0) is 88.8 Å². The number of hydrogen-bond acceptors (Lipinski definition) is 9. The summed E-state index contributed by atoms with van der Waals surface area (Å²) in [4.78, 5) is 23.5. The number of carbonyl (C=O) groups excluding carboxylic acids is 1. The number of amides is 1. The minimum Gasteiger partial charge on any atom is -0.477 e. The molecule has 45 heavy (non-hydrogen) atoms. The third-order valence-corrected chi connectivity index (χ3v) is 9.70. The van der Waals surface area contributed by atoms with Crippen LogP contribution in [0.1, 0.15) is 77.2 Å². The van der Waals surface area contributed by atoms with Crippen LogP contribution in [-0.2, 0) is 10.0 Å². The molecule has 1 saturated carbocycles. The number of anilines is 2. The van der Waals surface area contributed by atoms with Gasteiger partial charge in [-0.15, -0.1) is 5.10 Å². The smallest absolute Gasteiger partial charge is 0.394 e. The van der Waals surface area contributed by atoms with E-state index in [0.717, 1.165) is 4.90 Å². The quantitative estimate of drug-likeness (QED) is 0.349. The second-order valence-electron chi connectivity index (χ2n) is 11.8. The number of halogens is 3. The first-order chi connectivity index (χ1) is 23.8. The molecule has 2 aliphatic heterocycles. The van der Waals surface area contributed by atoms with E-state index in [-0.39, 0.29) is 68.6 Å². The maximum absolute atomic E-state index is 13.8. The fourth-order valence-corrected chi connectivity index (χ4v) is 6.78. The van der Waals surface area contributed by atoms with Gasteiger partial charge in [-0.3, -0.25) is 4.79 Å². The molecule has 1 aliphatic carbocycles. The van der Waals surface area contributed by atoms with E-state index in [9.17, 15) is 26.4 Å². The molecule has 6 rings (SSSR count). The number of nitrogens with one attached hydrogen (secondary N) is 2. The van der Waals surface area contributed by atoms with Gasteiger partial charge in [-0.1, -0.05) is 6.07 Å². The van der Waals surface area contributed by atoms with E-state index in [1.54, 1.807) is 6.07 Å². The highest BCUT2D eigenvalue weighted by Gasteiger charge is 2.62. The predicted molar refractivity (Wildman–Crippen MR) is 160 cm³/mol. The molecule has 2 fully saturated rings. The van der Waals surface area contributed by atoms with Crippen molar-refractivity contribution < 1.29 is 39.3 Å². The van der Waals surface area contributed by atoms with E-state index in [0.29, 0.717) is 19.4 Å². The molecule has 15 heteroatoms. The van der Waals surface area contributed by atoms with Crippen molar-refractivity contribution in [2.75, 3.05) is 29.9 Å². The summed E-state index contributed by atoms with van der Waals surface area (Å²) in [7, 11) is -4.57. The van der Waals surface area contributed by atoms with Gasteiger partial charge in [0.2, 0.25) is 5.88 Å². The summed E-state index contributed by atoms with van der Waals surface area (Å²) in [6.45, 7) is -6.08. The van der Waals surface area contributed by atoms with Gasteiger partial charge in [-0.2, -0.15) is 21.6 Å². The number of fused-ring (bicyclic) bond motifs is 6. The van der Waals surface area contributed by atoms with Crippen molar-refractivity contribution >= 4 is 27.6 Å². The maximum Gasteiger partial charge on any atom is 0.394 e. The summed E-state index contributed by atoms with van der Waals surface area (Å²) in [6, 6.07) is 8.13. The summed E-state index contributed by atoms with van der Waals surface area (Å²) in [5, 5.41) is 6.83. The number of ether oxygens (including phenoxy) is 1. The van der Waals surface area contributed by atoms with E-state index in [2.05, 4.69) is 20.4 Å². The Kier molecular flexibility index (Phi) is 6.22. The molecule has 0 aromatic carbocycles. The van der Waals surface area contributed by atoms with Crippen LogP contribution in [0.2, 0.25) is 0 Å². The number of pyridine rings is 2. The lowest BCUT2D eigenvalue weighted by molar-refractivity contribution is -0.189. The SMILES string of the molecule is [2H]C([2H])([2H])C1(C([2H])([2H])[2H])C[C@@H]2CCCNc3cccc(n3)S(=O)(=O)NC(=O)c3ccc(-n4ccc(OCCCC5(C(F)(F)F)CC5)n4)nc3N1C2. The number of rotatable bonds is 6. The Hall–Kier alpha value is -3.88. The molecule has 3 aromatic heterocycles. The van der Waals surface area contributed by atoms with Gasteiger partial charge in [0, 0.05) is 39.1 Å². The molecular formula is C30H36F3N7O4S. The average Bonchev–Trinajstić information content (AvgIpc) is 3.51. The molecule has 0 unspecified atom stereocenters. The third-order valence-electron chi connectivity index (χ3n) is 8.47. The van der Waals surface area contributed by atoms with Crippen molar-refractivity contribution in [1.29, 1.82) is 0 Å². The Morgan fingerprint density at radius 3 is 2.73 bits per heavy atom. The Balaban J connectivity index is 1.38. The van der Waals surface area contributed by atoms with Crippen LogP contribution in [0.5, 0.6) is 5.88 Å². The molecule has 4 bridgehead atoms. The highest BCUT2D eigenvalue weighted by atomic mass is 32.2. The Bertz CT molecular complexity index is 1890. The Morgan fingerprint density at radius 1 is 1.16 bits per heavy atom. The molecule has 242 valence electrons. The second kappa shape index (κ2) is 11.5. The number of carbonyl (C=O) groups is 1. The van der Waals surface area contributed by atoms with Gasteiger partial charge in [0.05, 0.1) is 17.6 Å². The molecule has 3 aliphatic rings. The first-order valence-electron chi connectivity index (χ1n) is 17.6. The van der Waals surface area contributed by atoms with Gasteiger partial charge < -0.3 is 15.0 Å². The summed E-state index contributed by atoms with van der Waals surface area (Å²) in [5.41, 5.74) is -4.58. The van der Waals surface area contributed by atoms with E-state index >= 15 is 0 Å². The topological polar surface area (TPSA) is 131 Å². The zero-order valence-corrected chi connectivity index (χ0v) is 24.9. The Morgan fingerprint density at radius 2 is 1.98 bits per heavy atom. The maximum atomic E-state index is 13.8. The van der Waals surface area contributed by atoms with Gasteiger partial charge in [0.15, 0.2) is 10.8 Å². The van der Waals surface area contributed by atoms with Gasteiger partial charge in [0.1, 0.15) is 11.6 Å². The largest absolute Gasteiger partial charge is 0.477 e. The first-order valence-corrected chi connectivity index (χ1v) is 16.1. The number of nitrogens with zero attached hydrogens (tertiary/aromatic N) is 5. The van der Waals surface area contributed by atoms with Crippen LogP contribution < -0.4 is 19.7 Å². The summed E-state index contributed by atoms with van der Waals surface area (Å²) >= 11 is 0. The van der Waals surface area contributed by atoms with Crippen molar-refractivity contribution in [2.24, 2.45) is 11.3 Å². The lowest BCUT2D eigenvalue weighted by Gasteiger charge is -2.34. The molecule has 1 amide bonds. The number of sulfonamides is 1. The van der Waals surface area contributed by atoms with Crippen LogP contribution in [0.3, 0.4) is 0 Å². The van der Waals surface area contributed by atoms with Gasteiger partial charge in [0.25, 0.3) is 15.9 Å². The molecule has 2 N–H and O–H groups in total. The predicted octanol–water partition coefficient (Wildman–Crippen LogP) is 5.09. The lowest BCUT2D eigenvalue weighted by atomic mass is 9.93. The van der Waals surface area contributed by atoms with Crippen molar-refractivity contribution in [2.45, 2.75) is 75.4 Å². The highest BCUT2D eigenvalue weighted by molar-refractivity contribution is 7.90. The third kappa shape index (κ3) is 6.44. The number of alkyl halides is 3. The number of hydrogen-bond donors (Lipinski definition) is 2. The van der Waals surface area contributed by atoms with Crippen LogP contribution in [-0.4, -0.2) is 65.5 Å². The van der Waals surface area contributed by atoms with Crippen LogP contribution in [0, 0.1) is 11.3 Å². The van der Waals surface area contributed by atoms with Crippen LogP contribution in [0.4, 0.5) is 24.8 Å². The van der Waals surface area contributed by atoms with Crippen LogP contribution >= 0.6 is 0 Å². The monoisotopic (exact) mass is 653 g/mol. The van der Waals surface area contributed by atoms with Crippen molar-refractivity contribution in [3.8, 4) is 11.7 Å². The lowest BCUT2D eigenvalue weighted by Crippen LogP contribution is -2.41. The average molecular weight is 654 g/mol. The van der Waals surface area contributed by atoms with Gasteiger partial charge >= 0.3 is 6.18 Å². The minimum atomic E-state index is -4.57. The standard InChI is InChI=1S/C30H36F3N7O4S/c1-28(2)18-20-6-4-15-34-22-7-3-8-25(35-22)45(42,43)38-27(41)21-9-10-23(36-26(21)39(28)19-20)40-16-11-24(37-40)44-17-5-12-29(13-14-29)30(31,32)33/h3,7-11,16,20H,4-6,12-15,17-19H2,1-2H3,(H,34,35)(H,38,41)/t20-/m0/s1/i1D3,2D3. The molecule has 1 atom stereocenters. The van der Waals surface area contributed by atoms with E-state index in [4.69, 9.17) is 13.0 Å². The molecule has 1 saturated heterocycles. The number of aromatic nitrogens is 4. The summed E-state index contributed by atoms with van der Waals surface area (Å²) in [5.74, 6) is -1.78. The zero-order chi connectivity index (χ0) is 37.0. The van der Waals surface area contributed by atoms with Crippen LogP contribution in [0.15, 0.2) is 47.6 Å². The fraction of sp³-hybridized carbons (Fsp3) is 0.533. The summed E-state index contributed by atoms with van der Waals surface area (Å²) < 4.78 is 126. The zero-order valence-electron chi connectivity index (χ0n) is 30.1.